The van der Waals surface area contributed by atoms with Gasteiger partial charge in [-0.05, 0) is 25.0 Å². The summed E-state index contributed by atoms with van der Waals surface area (Å²) in [7, 11) is 1.77. The number of hydrogen-bond donors (Lipinski definition) is 1. The van der Waals surface area contributed by atoms with Crippen molar-refractivity contribution in [2.75, 3.05) is 0 Å². The van der Waals surface area contributed by atoms with Gasteiger partial charge in [0, 0.05) is 18.3 Å². The molecular formula is C19H19N5O2. The number of urea groups is 1. The van der Waals surface area contributed by atoms with Gasteiger partial charge in [0.25, 0.3) is 5.91 Å². The van der Waals surface area contributed by atoms with Gasteiger partial charge in [-0.3, -0.25) is 4.79 Å². The first-order chi connectivity index (χ1) is 12.4. The van der Waals surface area contributed by atoms with Crippen LogP contribution in [0.15, 0.2) is 41.5 Å². The van der Waals surface area contributed by atoms with E-state index in [1.54, 1.807) is 17.7 Å². The summed E-state index contributed by atoms with van der Waals surface area (Å²) in [6.07, 6.45) is 1.85. The maximum Gasteiger partial charge on any atom is 0.346 e. The molecule has 1 aliphatic heterocycles. The molecule has 7 nitrogen and oxygen atoms in total. The highest BCUT2D eigenvalue weighted by molar-refractivity contribution is 6.07. The third-order valence-electron chi connectivity index (χ3n) is 4.87. The smallest absolute Gasteiger partial charge is 0.339 e. The van der Waals surface area contributed by atoms with Crippen LogP contribution in [0.3, 0.4) is 0 Å². The summed E-state index contributed by atoms with van der Waals surface area (Å²) >= 11 is 0. The largest absolute Gasteiger partial charge is 0.346 e. The number of nitrogens with zero attached hydrogens (tertiary/aromatic N) is 4. The van der Waals surface area contributed by atoms with Gasteiger partial charge in [-0.15, -0.1) is 5.01 Å². The second kappa shape index (κ2) is 6.48. The highest BCUT2D eigenvalue weighted by Crippen LogP contribution is 2.32. The minimum absolute atomic E-state index is 0.413. The molecule has 3 amide bonds. The van der Waals surface area contributed by atoms with Gasteiger partial charge in [0.15, 0.2) is 0 Å². The lowest BCUT2D eigenvalue weighted by atomic mass is 9.87. The minimum Gasteiger partial charge on any atom is -0.339 e. The van der Waals surface area contributed by atoms with Crippen LogP contribution >= 0.6 is 0 Å². The molecule has 1 saturated heterocycles. The van der Waals surface area contributed by atoms with Crippen LogP contribution in [0.4, 0.5) is 4.79 Å². The summed E-state index contributed by atoms with van der Waals surface area (Å²) in [6, 6.07) is 12.3. The zero-order valence-corrected chi connectivity index (χ0v) is 14.9. The second-order valence-corrected chi connectivity index (χ2v) is 6.16. The molecule has 1 fully saturated rings. The Morgan fingerprint density at radius 2 is 2.00 bits per heavy atom. The van der Waals surface area contributed by atoms with Gasteiger partial charge in [-0.25, -0.2) is 4.79 Å². The molecule has 2 aromatic rings. The fraction of sp³-hybridized carbons (Fsp3) is 0.263. The molecule has 1 aliphatic rings. The Bertz CT molecular complexity index is 939. The predicted molar refractivity (Wildman–Crippen MR) is 96.2 cm³/mol. The summed E-state index contributed by atoms with van der Waals surface area (Å²) < 4.78 is 1.73. The highest BCUT2D eigenvalue weighted by Gasteiger charge is 2.51. The van der Waals surface area contributed by atoms with Crippen LogP contribution in [-0.2, 0) is 17.4 Å². The Morgan fingerprint density at radius 3 is 2.58 bits per heavy atom. The number of hydrogen-bond acceptors (Lipinski definition) is 4. The fourth-order valence-electron chi connectivity index (χ4n) is 3.11. The molecule has 2 heterocycles. The number of rotatable bonds is 4. The normalized spacial score (nSPS) is 19.8. The molecule has 0 bridgehead atoms. The molecule has 1 aromatic heterocycles. The van der Waals surface area contributed by atoms with Crippen molar-refractivity contribution in [1.29, 1.82) is 5.26 Å². The average Bonchev–Trinajstić information content (AvgIpc) is 3.08. The van der Waals surface area contributed by atoms with E-state index in [-0.39, 0.29) is 0 Å². The maximum atomic E-state index is 13.0. The van der Waals surface area contributed by atoms with E-state index < -0.39 is 17.5 Å². The Hall–Kier alpha value is -3.40. The van der Waals surface area contributed by atoms with Gasteiger partial charge in [0.05, 0.1) is 6.21 Å². The summed E-state index contributed by atoms with van der Waals surface area (Å²) in [5, 5.41) is 16.8. The summed E-state index contributed by atoms with van der Waals surface area (Å²) in [6.45, 7) is 3.69. The number of benzene rings is 1. The standard InChI is InChI=1S/C19H19N5O2/c1-4-19(15-8-6-5-7-9-15)17(25)24(18(26)22-19)21-12-14-10-16(11-20)23(3)13(14)2/h5-10,12H,4H2,1-3H3,(H,22,26)/b21-12-/t19-/m0/s1. The average molecular weight is 349 g/mol. The lowest BCUT2D eigenvalue weighted by Gasteiger charge is -2.24. The Balaban J connectivity index is 1.94. The molecule has 1 N–H and O–H groups in total. The first-order valence-electron chi connectivity index (χ1n) is 8.27. The lowest BCUT2D eigenvalue weighted by Crippen LogP contribution is -2.43. The van der Waals surface area contributed by atoms with Gasteiger partial charge in [-0.2, -0.15) is 10.4 Å². The molecule has 0 aliphatic carbocycles. The van der Waals surface area contributed by atoms with Gasteiger partial charge in [-0.1, -0.05) is 37.3 Å². The van der Waals surface area contributed by atoms with E-state index in [1.807, 2.05) is 44.2 Å². The summed E-state index contributed by atoms with van der Waals surface area (Å²) in [4.78, 5) is 25.4. The molecule has 3 rings (SSSR count). The monoisotopic (exact) mass is 349 g/mol. The van der Waals surface area contributed by atoms with E-state index in [4.69, 9.17) is 5.26 Å². The van der Waals surface area contributed by atoms with Gasteiger partial charge >= 0.3 is 6.03 Å². The number of nitrogens with one attached hydrogen (secondary N) is 1. The van der Waals surface area contributed by atoms with Crippen molar-refractivity contribution in [1.82, 2.24) is 14.9 Å². The minimum atomic E-state index is -1.11. The number of nitriles is 1. The lowest BCUT2D eigenvalue weighted by molar-refractivity contribution is -0.131. The van der Waals surface area contributed by atoms with Crippen LogP contribution in [-0.4, -0.2) is 27.7 Å². The van der Waals surface area contributed by atoms with Crippen LogP contribution in [0.25, 0.3) is 0 Å². The molecule has 26 heavy (non-hydrogen) atoms. The number of carbonyl (C=O) groups excluding carboxylic acids is 2. The third-order valence-corrected chi connectivity index (χ3v) is 4.87. The molecule has 0 radical (unpaired) electrons. The maximum absolute atomic E-state index is 13.0. The van der Waals surface area contributed by atoms with Crippen molar-refractivity contribution in [2.24, 2.45) is 12.1 Å². The highest BCUT2D eigenvalue weighted by atomic mass is 16.2. The van der Waals surface area contributed by atoms with Crippen LogP contribution in [0, 0.1) is 18.3 Å². The summed E-state index contributed by atoms with van der Waals surface area (Å²) in [5.74, 6) is -0.415. The molecule has 0 unspecified atom stereocenters. The second-order valence-electron chi connectivity index (χ2n) is 6.16. The third kappa shape index (κ3) is 2.56. The Kier molecular flexibility index (Phi) is 4.34. The SMILES string of the molecule is CC[C@@]1(c2ccccc2)NC(=O)N(/N=C\c2cc(C#N)n(C)c2C)C1=O. The number of amides is 3. The quantitative estimate of drug-likeness (QED) is 0.679. The van der Waals surface area contributed by atoms with Crippen molar-refractivity contribution in [2.45, 2.75) is 25.8 Å². The zero-order chi connectivity index (χ0) is 18.9. The number of aromatic nitrogens is 1. The summed E-state index contributed by atoms with van der Waals surface area (Å²) in [5.41, 5.74) is 1.59. The molecule has 0 spiro atoms. The molecule has 7 heteroatoms. The topological polar surface area (TPSA) is 90.5 Å². The van der Waals surface area contributed by atoms with Gasteiger partial charge in [0.1, 0.15) is 17.3 Å². The Labute approximate surface area is 151 Å². The predicted octanol–water partition coefficient (Wildman–Crippen LogP) is 2.40. The first kappa shape index (κ1) is 17.4. The van der Waals surface area contributed by atoms with Crippen molar-refractivity contribution in [3.63, 3.8) is 0 Å². The van der Waals surface area contributed by atoms with Crippen molar-refractivity contribution in [3.8, 4) is 6.07 Å². The van der Waals surface area contributed by atoms with E-state index in [1.165, 1.54) is 6.21 Å². The molecule has 1 atom stereocenters. The van der Waals surface area contributed by atoms with Crippen molar-refractivity contribution < 1.29 is 9.59 Å². The van der Waals surface area contributed by atoms with Gasteiger partial charge in [0.2, 0.25) is 0 Å². The number of carbonyl (C=O) groups is 2. The van der Waals surface area contributed by atoms with Crippen LogP contribution in [0.1, 0.15) is 35.9 Å². The van der Waals surface area contributed by atoms with Crippen LogP contribution in [0.2, 0.25) is 0 Å². The zero-order valence-electron chi connectivity index (χ0n) is 14.9. The fourth-order valence-corrected chi connectivity index (χ4v) is 3.11. The van der Waals surface area contributed by atoms with E-state index in [0.717, 1.165) is 16.3 Å². The molecule has 0 saturated carbocycles. The Morgan fingerprint density at radius 1 is 1.31 bits per heavy atom. The number of hydrazone groups is 1. The van der Waals surface area contributed by atoms with Crippen LogP contribution < -0.4 is 5.32 Å². The number of imide groups is 1. The van der Waals surface area contributed by atoms with E-state index in [0.29, 0.717) is 17.7 Å². The van der Waals surface area contributed by atoms with Gasteiger partial charge < -0.3 is 9.88 Å². The first-order valence-corrected chi connectivity index (χ1v) is 8.27. The van der Waals surface area contributed by atoms with E-state index in [2.05, 4.69) is 16.5 Å². The van der Waals surface area contributed by atoms with Crippen molar-refractivity contribution >= 4 is 18.2 Å². The molecule has 132 valence electrons. The van der Waals surface area contributed by atoms with E-state index >= 15 is 0 Å². The molecular weight excluding hydrogens is 330 g/mol. The van der Waals surface area contributed by atoms with E-state index in [9.17, 15) is 9.59 Å². The molecule has 1 aromatic carbocycles. The van der Waals surface area contributed by atoms with Crippen LogP contribution in [0.5, 0.6) is 0 Å². The van der Waals surface area contributed by atoms with Crippen molar-refractivity contribution in [3.05, 3.63) is 58.9 Å².